The van der Waals surface area contributed by atoms with E-state index >= 15 is 0 Å². The Kier molecular flexibility index (Phi) is 2.66. The van der Waals surface area contributed by atoms with Gasteiger partial charge in [-0.15, -0.1) is 0 Å². The summed E-state index contributed by atoms with van der Waals surface area (Å²) in [6.07, 6.45) is 0.566. The molecule has 0 amide bonds. The summed E-state index contributed by atoms with van der Waals surface area (Å²) in [7, 11) is -1.59. The van der Waals surface area contributed by atoms with Crippen molar-refractivity contribution in [2.45, 2.75) is 5.92 Å². The van der Waals surface area contributed by atoms with E-state index in [1.807, 2.05) is 36.4 Å². The summed E-state index contributed by atoms with van der Waals surface area (Å²) in [4.78, 5) is 0. The number of hydrogen-bond acceptors (Lipinski definition) is 2. The lowest BCUT2D eigenvalue weighted by molar-refractivity contribution is 0.486. The zero-order valence-corrected chi connectivity index (χ0v) is 10.1. The van der Waals surface area contributed by atoms with Crippen molar-refractivity contribution >= 4 is 8.03 Å². The van der Waals surface area contributed by atoms with Crippen LogP contribution in [0.3, 0.4) is 0 Å². The van der Waals surface area contributed by atoms with Crippen molar-refractivity contribution < 1.29 is 9.09 Å². The number of para-hydroxylation sites is 1. The Balaban J connectivity index is 2.10. The molecule has 0 bridgehead atoms. The maximum absolute atomic E-state index is 11.7. The van der Waals surface area contributed by atoms with E-state index < -0.39 is 8.03 Å². The molecule has 3 heteroatoms. The first-order chi connectivity index (χ1) is 8.34. The normalized spacial score (nSPS) is 20.5. The third kappa shape index (κ3) is 1.96. The monoisotopic (exact) mass is 243 g/mol. The summed E-state index contributed by atoms with van der Waals surface area (Å²) >= 11 is 0. The van der Waals surface area contributed by atoms with Gasteiger partial charge in [0.2, 0.25) is 0 Å². The van der Waals surface area contributed by atoms with E-state index in [2.05, 4.69) is 18.2 Å². The molecule has 0 aromatic heterocycles. The van der Waals surface area contributed by atoms with Crippen LogP contribution in [0.4, 0.5) is 0 Å². The van der Waals surface area contributed by atoms with Gasteiger partial charge in [-0.05, 0) is 16.2 Å². The highest BCUT2D eigenvalue weighted by Crippen LogP contribution is 2.45. The second-order valence-electron chi connectivity index (χ2n) is 4.11. The van der Waals surface area contributed by atoms with Gasteiger partial charge in [0.25, 0.3) is 0 Å². The van der Waals surface area contributed by atoms with Crippen molar-refractivity contribution in [1.82, 2.24) is 0 Å². The zero-order chi connectivity index (χ0) is 11.7. The number of fused-ring (bicyclic) bond motifs is 1. The highest BCUT2D eigenvalue weighted by atomic mass is 31.1. The first-order valence-corrected chi connectivity index (χ1v) is 6.97. The van der Waals surface area contributed by atoms with Crippen LogP contribution in [0, 0.1) is 0 Å². The van der Waals surface area contributed by atoms with Crippen LogP contribution in [0.2, 0.25) is 0 Å². The third-order valence-corrected chi connectivity index (χ3v) is 4.09. The summed E-state index contributed by atoms with van der Waals surface area (Å²) in [6.45, 7) is 0. The molecule has 3 rings (SSSR count). The molecule has 0 N–H and O–H groups in total. The number of rotatable bonds is 1. The van der Waals surface area contributed by atoms with Crippen LogP contribution in [0.25, 0.3) is 0 Å². The van der Waals surface area contributed by atoms with E-state index in [1.165, 1.54) is 5.56 Å². The van der Waals surface area contributed by atoms with E-state index in [-0.39, 0.29) is 5.92 Å². The summed E-state index contributed by atoms with van der Waals surface area (Å²) < 4.78 is 17.1. The average molecular weight is 243 g/mol. The molecule has 0 radical (unpaired) electrons. The van der Waals surface area contributed by atoms with Gasteiger partial charge in [-0.3, -0.25) is 4.52 Å². The van der Waals surface area contributed by atoms with Gasteiger partial charge in [0, 0.05) is 5.56 Å². The molecular formula is C14H12O2P+. The molecule has 0 saturated carbocycles. The minimum atomic E-state index is -1.59. The van der Waals surface area contributed by atoms with Crippen molar-refractivity contribution in [3.05, 3.63) is 65.7 Å². The predicted octanol–water partition coefficient (Wildman–Crippen LogP) is 3.95. The van der Waals surface area contributed by atoms with Crippen LogP contribution in [0.15, 0.2) is 54.6 Å². The van der Waals surface area contributed by atoms with E-state index in [0.717, 1.165) is 11.3 Å². The number of benzene rings is 2. The standard InChI is InChI=1S/C14H12O2P/c15-17-10-13(11-6-2-1-3-7-11)12-8-4-5-9-14(12)16-17/h1-9,13H,10H2/q+1. The van der Waals surface area contributed by atoms with Gasteiger partial charge in [0.05, 0.1) is 5.92 Å². The van der Waals surface area contributed by atoms with E-state index in [4.69, 9.17) is 4.52 Å². The SMILES string of the molecule is O=[P+]1CC(c2ccccc2)c2ccccc2O1. The highest BCUT2D eigenvalue weighted by Gasteiger charge is 2.36. The van der Waals surface area contributed by atoms with Crippen LogP contribution < -0.4 is 4.52 Å². The van der Waals surface area contributed by atoms with Crippen molar-refractivity contribution in [1.29, 1.82) is 0 Å². The number of hydrogen-bond donors (Lipinski definition) is 0. The zero-order valence-electron chi connectivity index (χ0n) is 9.24. The smallest absolute Gasteiger partial charge is 0.254 e. The van der Waals surface area contributed by atoms with E-state index in [0.29, 0.717) is 6.16 Å². The van der Waals surface area contributed by atoms with Crippen molar-refractivity contribution in [2.75, 3.05) is 6.16 Å². The van der Waals surface area contributed by atoms with Crippen LogP contribution in [-0.2, 0) is 4.57 Å². The molecular weight excluding hydrogens is 231 g/mol. The summed E-state index contributed by atoms with van der Waals surface area (Å²) in [6, 6.07) is 18.0. The van der Waals surface area contributed by atoms with E-state index in [9.17, 15) is 4.57 Å². The maximum atomic E-state index is 11.7. The van der Waals surface area contributed by atoms with Gasteiger partial charge in [-0.1, -0.05) is 48.5 Å². The summed E-state index contributed by atoms with van der Waals surface area (Å²) in [5, 5.41) is 0. The molecule has 1 aliphatic rings. The van der Waals surface area contributed by atoms with Crippen molar-refractivity contribution in [3.63, 3.8) is 0 Å². The Morgan fingerprint density at radius 2 is 1.71 bits per heavy atom. The molecule has 17 heavy (non-hydrogen) atoms. The fourth-order valence-electron chi connectivity index (χ4n) is 2.22. The predicted molar refractivity (Wildman–Crippen MR) is 67.8 cm³/mol. The molecule has 2 atom stereocenters. The van der Waals surface area contributed by atoms with Crippen molar-refractivity contribution in [2.24, 2.45) is 0 Å². The summed E-state index contributed by atoms with van der Waals surface area (Å²) in [5.74, 6) is 0.943. The highest BCUT2D eigenvalue weighted by molar-refractivity contribution is 7.39. The molecule has 84 valence electrons. The Bertz CT molecular complexity index is 551. The van der Waals surface area contributed by atoms with Crippen molar-refractivity contribution in [3.8, 4) is 5.75 Å². The molecule has 2 aromatic carbocycles. The largest absolute Gasteiger partial charge is 0.557 e. The quantitative estimate of drug-likeness (QED) is 0.709. The minimum absolute atomic E-state index is 0.185. The lowest BCUT2D eigenvalue weighted by Gasteiger charge is -2.18. The molecule has 0 saturated heterocycles. The molecule has 0 aliphatic carbocycles. The second kappa shape index (κ2) is 4.31. The topological polar surface area (TPSA) is 26.3 Å². The Hall–Kier alpha value is -1.66. The molecule has 1 heterocycles. The summed E-state index contributed by atoms with van der Waals surface area (Å²) in [5.41, 5.74) is 2.33. The van der Waals surface area contributed by atoms with Gasteiger partial charge < -0.3 is 0 Å². The Labute approximate surface area is 101 Å². The molecule has 2 nitrogen and oxygen atoms in total. The lowest BCUT2D eigenvalue weighted by atomic mass is 9.92. The molecule has 2 unspecified atom stereocenters. The van der Waals surface area contributed by atoms with Gasteiger partial charge >= 0.3 is 8.03 Å². The first-order valence-electron chi connectivity index (χ1n) is 5.61. The van der Waals surface area contributed by atoms with Gasteiger partial charge in [0.1, 0.15) is 0 Å². The second-order valence-corrected chi connectivity index (χ2v) is 5.32. The first kappa shape index (κ1) is 10.5. The average Bonchev–Trinajstić information content (AvgIpc) is 2.39. The molecule has 1 aliphatic heterocycles. The minimum Gasteiger partial charge on any atom is -0.254 e. The third-order valence-electron chi connectivity index (χ3n) is 3.03. The van der Waals surface area contributed by atoms with Gasteiger partial charge in [-0.2, -0.15) is 0 Å². The van der Waals surface area contributed by atoms with Crippen LogP contribution in [0.5, 0.6) is 5.75 Å². The van der Waals surface area contributed by atoms with E-state index in [1.54, 1.807) is 0 Å². The lowest BCUT2D eigenvalue weighted by Crippen LogP contribution is -2.11. The molecule has 0 spiro atoms. The Morgan fingerprint density at radius 3 is 2.53 bits per heavy atom. The molecule has 0 fully saturated rings. The maximum Gasteiger partial charge on any atom is 0.557 e. The van der Waals surface area contributed by atoms with Gasteiger partial charge in [0.15, 0.2) is 11.9 Å². The molecule has 2 aromatic rings. The fraction of sp³-hybridized carbons (Fsp3) is 0.143. The fourth-order valence-corrected chi connectivity index (χ4v) is 3.38. The van der Waals surface area contributed by atoms with Crippen LogP contribution >= 0.6 is 8.03 Å². The Morgan fingerprint density at radius 1 is 1.00 bits per heavy atom. The van der Waals surface area contributed by atoms with Crippen LogP contribution in [0.1, 0.15) is 17.0 Å². The van der Waals surface area contributed by atoms with Crippen LogP contribution in [-0.4, -0.2) is 6.16 Å². The van der Waals surface area contributed by atoms with Gasteiger partial charge in [-0.25, -0.2) is 0 Å².